The average molecular weight is 472 g/mol. The van der Waals surface area contributed by atoms with Crippen molar-refractivity contribution in [1.29, 1.82) is 0 Å². The van der Waals surface area contributed by atoms with E-state index in [2.05, 4.69) is 29.3 Å². The van der Waals surface area contributed by atoms with Crippen LogP contribution in [0, 0.1) is 20.2 Å². The number of carbonyl (C=O) groups excluding carboxylic acids is 1. The third kappa shape index (κ3) is 6.27. The molecule has 0 bridgehead atoms. The predicted octanol–water partition coefficient (Wildman–Crippen LogP) is 4.04. The van der Waals surface area contributed by atoms with Gasteiger partial charge in [-0.05, 0) is 38.4 Å². The molecule has 11 heteroatoms. The van der Waals surface area contributed by atoms with Crippen molar-refractivity contribution in [2.75, 3.05) is 18.9 Å². The van der Waals surface area contributed by atoms with E-state index in [0.717, 1.165) is 6.07 Å². The van der Waals surface area contributed by atoms with Crippen LogP contribution in [0.3, 0.4) is 0 Å². The molecule has 1 aliphatic rings. The summed E-state index contributed by atoms with van der Waals surface area (Å²) in [5.41, 5.74) is 0.440. The van der Waals surface area contributed by atoms with Gasteiger partial charge in [-0.15, -0.1) is 0 Å². The lowest BCUT2D eigenvalue weighted by molar-refractivity contribution is -0.393. The number of ether oxygens (including phenoxy) is 2. The maximum atomic E-state index is 11.7. The van der Waals surface area contributed by atoms with E-state index in [-0.39, 0.29) is 23.5 Å². The number of non-ortho nitro benzene ring substituents is 1. The highest BCUT2D eigenvalue weighted by Gasteiger charge is 2.36. The van der Waals surface area contributed by atoms with Gasteiger partial charge >= 0.3 is 5.97 Å². The Morgan fingerprint density at radius 2 is 1.88 bits per heavy atom. The molecule has 34 heavy (non-hydrogen) atoms. The molecular weight excluding hydrogens is 444 g/mol. The summed E-state index contributed by atoms with van der Waals surface area (Å²) in [4.78, 5) is 34.9. The van der Waals surface area contributed by atoms with Crippen LogP contribution in [0.5, 0.6) is 0 Å². The monoisotopic (exact) mass is 472 g/mol. The van der Waals surface area contributed by atoms with Crippen LogP contribution >= 0.6 is 0 Å². The first-order chi connectivity index (χ1) is 16.2. The maximum absolute atomic E-state index is 11.7. The number of hydrogen-bond acceptors (Lipinski definition) is 9. The molecule has 0 aliphatic carbocycles. The van der Waals surface area contributed by atoms with Gasteiger partial charge in [-0.1, -0.05) is 30.3 Å². The van der Waals surface area contributed by atoms with Crippen LogP contribution in [0.4, 0.5) is 17.1 Å². The smallest absolute Gasteiger partial charge is 0.305 e. The Kier molecular flexibility index (Phi) is 8.13. The molecule has 1 aliphatic heterocycles. The number of nitro benzene ring substituents is 2. The number of nitro groups is 2. The van der Waals surface area contributed by atoms with Gasteiger partial charge in [-0.3, -0.25) is 29.9 Å². The van der Waals surface area contributed by atoms with Gasteiger partial charge in [-0.2, -0.15) is 0 Å². The van der Waals surface area contributed by atoms with Gasteiger partial charge in [-0.25, -0.2) is 0 Å². The summed E-state index contributed by atoms with van der Waals surface area (Å²) in [6, 6.07) is 13.0. The van der Waals surface area contributed by atoms with Crippen LogP contribution in [0.25, 0.3) is 0 Å². The Labute approximate surface area is 197 Å². The van der Waals surface area contributed by atoms with Gasteiger partial charge < -0.3 is 14.8 Å². The van der Waals surface area contributed by atoms with Crippen molar-refractivity contribution in [2.45, 2.75) is 51.2 Å². The molecule has 4 atom stereocenters. The lowest BCUT2D eigenvalue weighted by Gasteiger charge is -2.38. The molecule has 1 N–H and O–H groups in total. The summed E-state index contributed by atoms with van der Waals surface area (Å²) in [6.07, 6.45) is -0.0382. The third-order valence-electron chi connectivity index (χ3n) is 5.90. The van der Waals surface area contributed by atoms with E-state index in [1.165, 1.54) is 24.6 Å². The lowest BCUT2D eigenvalue weighted by atomic mass is 10.0. The number of esters is 1. The Hall–Kier alpha value is -3.57. The number of rotatable bonds is 9. The molecule has 0 radical (unpaired) electrons. The summed E-state index contributed by atoms with van der Waals surface area (Å²) >= 11 is 0. The van der Waals surface area contributed by atoms with Crippen LogP contribution < -0.4 is 5.32 Å². The Bertz CT molecular complexity index is 1030. The maximum Gasteiger partial charge on any atom is 0.305 e. The summed E-state index contributed by atoms with van der Waals surface area (Å²) in [5, 5.41) is 25.5. The molecule has 0 saturated carbocycles. The minimum Gasteiger partial charge on any atom is -0.434 e. The largest absolute Gasteiger partial charge is 0.434 e. The first-order valence-electron chi connectivity index (χ1n) is 10.9. The summed E-state index contributed by atoms with van der Waals surface area (Å²) < 4.78 is 11.5. The summed E-state index contributed by atoms with van der Waals surface area (Å²) in [6.45, 7) is 3.96. The number of benzene rings is 2. The SMILES string of the molecule is CC(=O)O[C@@H]1O[C@@H](CN(C)[C@@H](C)c2ccccc2)CC[C@@H]1Nc1ccc([N+](=O)[O-])cc1[N+](=O)[O-]. The number of anilines is 1. The van der Waals surface area contributed by atoms with Crippen molar-refractivity contribution >= 4 is 23.0 Å². The first-order valence-corrected chi connectivity index (χ1v) is 10.9. The van der Waals surface area contributed by atoms with Crippen LogP contribution in [-0.4, -0.2) is 52.7 Å². The van der Waals surface area contributed by atoms with Gasteiger partial charge in [0.2, 0.25) is 6.29 Å². The van der Waals surface area contributed by atoms with Crippen LogP contribution in [-0.2, 0) is 14.3 Å². The molecule has 11 nitrogen and oxygen atoms in total. The highest BCUT2D eigenvalue weighted by Crippen LogP contribution is 2.32. The second-order valence-electron chi connectivity index (χ2n) is 8.31. The normalized spacial score (nSPS) is 21.0. The molecule has 0 amide bonds. The molecule has 3 rings (SSSR count). The Morgan fingerprint density at radius 3 is 2.50 bits per heavy atom. The fraction of sp³-hybridized carbons (Fsp3) is 0.435. The predicted molar refractivity (Wildman–Crippen MR) is 124 cm³/mol. The molecule has 0 aromatic heterocycles. The molecule has 182 valence electrons. The van der Waals surface area contributed by atoms with Crippen molar-refractivity contribution < 1.29 is 24.1 Å². The van der Waals surface area contributed by atoms with Gasteiger partial charge in [0, 0.05) is 25.6 Å². The van der Waals surface area contributed by atoms with E-state index in [0.29, 0.717) is 19.4 Å². The lowest BCUT2D eigenvalue weighted by Crippen LogP contribution is -2.48. The van der Waals surface area contributed by atoms with Crippen LogP contribution in [0.2, 0.25) is 0 Å². The van der Waals surface area contributed by atoms with Gasteiger partial charge in [0.25, 0.3) is 11.4 Å². The zero-order chi connectivity index (χ0) is 24.8. The van der Waals surface area contributed by atoms with E-state index < -0.39 is 33.8 Å². The van der Waals surface area contributed by atoms with E-state index in [9.17, 15) is 25.0 Å². The van der Waals surface area contributed by atoms with Crippen molar-refractivity contribution in [3.8, 4) is 0 Å². The summed E-state index contributed by atoms with van der Waals surface area (Å²) in [7, 11) is 1.99. The zero-order valence-corrected chi connectivity index (χ0v) is 19.2. The van der Waals surface area contributed by atoms with Gasteiger partial charge in [0.1, 0.15) is 5.69 Å². The fourth-order valence-corrected chi connectivity index (χ4v) is 3.97. The Balaban J connectivity index is 1.71. The minimum atomic E-state index is -0.966. The van der Waals surface area contributed by atoms with Crippen molar-refractivity contribution in [3.05, 3.63) is 74.3 Å². The number of nitrogens with zero attached hydrogens (tertiary/aromatic N) is 3. The topological polar surface area (TPSA) is 137 Å². The number of carbonyl (C=O) groups is 1. The number of likely N-dealkylation sites (N-methyl/N-ethyl adjacent to an activating group) is 1. The van der Waals surface area contributed by atoms with Crippen molar-refractivity contribution in [3.63, 3.8) is 0 Å². The molecule has 1 saturated heterocycles. The number of nitrogens with one attached hydrogen (secondary N) is 1. The fourth-order valence-electron chi connectivity index (χ4n) is 3.97. The Morgan fingerprint density at radius 1 is 1.18 bits per heavy atom. The quantitative estimate of drug-likeness (QED) is 0.325. The minimum absolute atomic E-state index is 0.0922. The van der Waals surface area contributed by atoms with E-state index in [1.807, 2.05) is 25.2 Å². The van der Waals surface area contributed by atoms with Crippen LogP contribution in [0.15, 0.2) is 48.5 Å². The van der Waals surface area contributed by atoms with E-state index in [4.69, 9.17) is 9.47 Å². The second kappa shape index (κ2) is 11.0. The van der Waals surface area contributed by atoms with Crippen molar-refractivity contribution in [2.24, 2.45) is 0 Å². The average Bonchev–Trinajstić information content (AvgIpc) is 2.80. The summed E-state index contributed by atoms with van der Waals surface area (Å²) in [5.74, 6) is -0.540. The highest BCUT2D eigenvalue weighted by atomic mass is 16.7. The zero-order valence-electron chi connectivity index (χ0n) is 19.2. The standard InChI is InChI=1S/C23H28N4O7/c1-15(17-7-5-4-6-8-17)25(3)14-19-10-12-21(23(34-19)33-16(2)28)24-20-11-9-18(26(29)30)13-22(20)27(31)32/h4-9,11,13,15,19,21,23-24H,10,12,14H2,1-3H3/t15-,19+,21-,23+/m0/s1. The van der Waals surface area contributed by atoms with Crippen LogP contribution in [0.1, 0.15) is 38.3 Å². The highest BCUT2D eigenvalue weighted by molar-refractivity contribution is 5.67. The molecule has 0 unspecified atom stereocenters. The molecular formula is C23H28N4O7. The van der Waals surface area contributed by atoms with Crippen molar-refractivity contribution in [1.82, 2.24) is 4.90 Å². The molecule has 2 aromatic rings. The molecule has 0 spiro atoms. The third-order valence-corrected chi connectivity index (χ3v) is 5.90. The molecule has 1 fully saturated rings. The second-order valence-corrected chi connectivity index (χ2v) is 8.31. The van der Waals surface area contributed by atoms with E-state index >= 15 is 0 Å². The molecule has 1 heterocycles. The first kappa shape index (κ1) is 25.1. The van der Waals surface area contributed by atoms with Gasteiger partial charge in [0.05, 0.1) is 28.1 Å². The number of hydrogen-bond donors (Lipinski definition) is 1. The molecule has 2 aromatic carbocycles. The van der Waals surface area contributed by atoms with Gasteiger partial charge in [0.15, 0.2) is 0 Å². The van der Waals surface area contributed by atoms with E-state index in [1.54, 1.807) is 0 Å².